The van der Waals surface area contributed by atoms with Gasteiger partial charge in [0.05, 0.1) is 4.88 Å². The van der Waals surface area contributed by atoms with Crippen molar-refractivity contribution in [3.8, 4) is 0 Å². The number of thiophene rings is 1. The van der Waals surface area contributed by atoms with Gasteiger partial charge in [-0.05, 0) is 68.0 Å². The fourth-order valence-electron chi connectivity index (χ4n) is 3.92. The largest absolute Gasteiger partial charge is 0.341 e. The Hall–Kier alpha value is -3.45. The molecule has 0 radical (unpaired) electrons. The van der Waals surface area contributed by atoms with E-state index >= 15 is 0 Å². The lowest BCUT2D eigenvalue weighted by molar-refractivity contribution is 0.103. The van der Waals surface area contributed by atoms with Gasteiger partial charge >= 0.3 is 0 Å². The summed E-state index contributed by atoms with van der Waals surface area (Å²) in [6.45, 7) is 4.02. The Morgan fingerprint density at radius 3 is 2.47 bits per heavy atom. The Morgan fingerprint density at radius 1 is 0.938 bits per heavy atom. The summed E-state index contributed by atoms with van der Waals surface area (Å²) < 4.78 is 1.11. The van der Waals surface area contributed by atoms with Crippen LogP contribution in [0.25, 0.3) is 10.1 Å². The van der Waals surface area contributed by atoms with Gasteiger partial charge in [0, 0.05) is 40.9 Å². The molecule has 0 saturated carbocycles. The highest BCUT2D eigenvalue weighted by molar-refractivity contribution is 7.20. The van der Waals surface area contributed by atoms with Crippen LogP contribution in [0.2, 0.25) is 0 Å². The second kappa shape index (κ2) is 8.96. The highest BCUT2D eigenvalue weighted by Crippen LogP contribution is 2.27. The minimum Gasteiger partial charge on any atom is -0.341 e. The maximum absolute atomic E-state index is 12.6. The van der Waals surface area contributed by atoms with Gasteiger partial charge in [-0.2, -0.15) is 4.98 Å². The first-order valence-corrected chi connectivity index (χ1v) is 11.7. The van der Waals surface area contributed by atoms with Gasteiger partial charge in [-0.3, -0.25) is 4.79 Å². The number of carbonyl (C=O) groups is 1. The first kappa shape index (κ1) is 20.5. The molecular formula is C25H25N5OS. The highest BCUT2D eigenvalue weighted by Gasteiger charge is 2.15. The van der Waals surface area contributed by atoms with Crippen LogP contribution in [0, 0.1) is 6.92 Å². The Bertz CT molecular complexity index is 1210. The number of fused-ring (bicyclic) bond motifs is 1. The molecule has 1 fully saturated rings. The van der Waals surface area contributed by atoms with E-state index in [9.17, 15) is 4.79 Å². The van der Waals surface area contributed by atoms with Crippen molar-refractivity contribution in [1.29, 1.82) is 0 Å². The SMILES string of the molecule is Cc1cc(Nc2ccc(NC(=O)c3cc4ccccc4s3)cc2)nc(N2CCCCC2)n1. The number of hydrogen-bond acceptors (Lipinski definition) is 6. The number of anilines is 4. The Labute approximate surface area is 191 Å². The number of amides is 1. The third kappa shape index (κ3) is 4.57. The molecule has 4 aromatic rings. The molecule has 6 nitrogen and oxygen atoms in total. The number of nitrogens with one attached hydrogen (secondary N) is 2. The molecule has 7 heteroatoms. The number of benzene rings is 2. The zero-order valence-electron chi connectivity index (χ0n) is 18.0. The molecule has 0 bridgehead atoms. The fourth-order valence-corrected chi connectivity index (χ4v) is 4.88. The van der Waals surface area contributed by atoms with Gasteiger partial charge in [0.25, 0.3) is 5.91 Å². The van der Waals surface area contributed by atoms with E-state index in [4.69, 9.17) is 4.98 Å². The van der Waals surface area contributed by atoms with Crippen LogP contribution < -0.4 is 15.5 Å². The Kier molecular flexibility index (Phi) is 5.73. The maximum Gasteiger partial charge on any atom is 0.265 e. The molecule has 0 aliphatic carbocycles. The maximum atomic E-state index is 12.6. The van der Waals surface area contributed by atoms with E-state index in [1.54, 1.807) is 0 Å². The van der Waals surface area contributed by atoms with Crippen molar-refractivity contribution in [2.45, 2.75) is 26.2 Å². The molecule has 162 valence electrons. The van der Waals surface area contributed by atoms with Crippen LogP contribution in [0.3, 0.4) is 0 Å². The normalized spacial score (nSPS) is 13.8. The third-order valence-corrected chi connectivity index (χ3v) is 6.66. The second-order valence-electron chi connectivity index (χ2n) is 8.05. The number of hydrogen-bond donors (Lipinski definition) is 2. The second-order valence-corrected chi connectivity index (χ2v) is 9.13. The van der Waals surface area contributed by atoms with Crippen LogP contribution in [-0.4, -0.2) is 29.0 Å². The van der Waals surface area contributed by atoms with Gasteiger partial charge in [-0.1, -0.05) is 18.2 Å². The zero-order valence-corrected chi connectivity index (χ0v) is 18.8. The summed E-state index contributed by atoms with van der Waals surface area (Å²) >= 11 is 1.50. The first-order chi connectivity index (χ1) is 15.6. The van der Waals surface area contributed by atoms with Gasteiger partial charge in [0.15, 0.2) is 0 Å². The number of rotatable bonds is 5. The Balaban J connectivity index is 1.26. The molecule has 1 aliphatic rings. The van der Waals surface area contributed by atoms with E-state index < -0.39 is 0 Å². The van der Waals surface area contributed by atoms with Crippen LogP contribution in [-0.2, 0) is 0 Å². The monoisotopic (exact) mass is 443 g/mol. The average molecular weight is 444 g/mol. The van der Waals surface area contributed by atoms with Crippen molar-refractivity contribution < 1.29 is 4.79 Å². The molecule has 32 heavy (non-hydrogen) atoms. The molecule has 2 aromatic carbocycles. The van der Waals surface area contributed by atoms with Crippen molar-refractivity contribution in [3.63, 3.8) is 0 Å². The molecule has 3 heterocycles. The summed E-state index contributed by atoms with van der Waals surface area (Å²) in [5, 5.41) is 7.44. The highest BCUT2D eigenvalue weighted by atomic mass is 32.1. The number of aryl methyl sites for hydroxylation is 1. The van der Waals surface area contributed by atoms with Crippen LogP contribution in [0.5, 0.6) is 0 Å². The van der Waals surface area contributed by atoms with Crippen LogP contribution >= 0.6 is 11.3 Å². The molecule has 1 saturated heterocycles. The average Bonchev–Trinajstić information content (AvgIpc) is 3.25. The zero-order chi connectivity index (χ0) is 21.9. The lowest BCUT2D eigenvalue weighted by Crippen LogP contribution is -2.31. The summed E-state index contributed by atoms with van der Waals surface area (Å²) in [5.41, 5.74) is 2.61. The van der Waals surface area contributed by atoms with Crippen molar-refractivity contribution in [2.75, 3.05) is 28.6 Å². The van der Waals surface area contributed by atoms with Gasteiger partial charge in [0.1, 0.15) is 5.82 Å². The molecule has 0 unspecified atom stereocenters. The predicted octanol–water partition coefficient (Wildman–Crippen LogP) is 5.99. The minimum atomic E-state index is -0.0930. The summed E-state index contributed by atoms with van der Waals surface area (Å²) in [6.07, 6.45) is 3.66. The molecule has 0 atom stereocenters. The van der Waals surface area contributed by atoms with Crippen molar-refractivity contribution in [1.82, 2.24) is 9.97 Å². The smallest absolute Gasteiger partial charge is 0.265 e. The van der Waals surface area contributed by atoms with E-state index in [2.05, 4.69) is 20.5 Å². The topological polar surface area (TPSA) is 70.2 Å². The molecular weight excluding hydrogens is 418 g/mol. The standard InChI is InChI=1S/C25H25N5OS/c1-17-15-23(29-25(26-17)30-13-5-2-6-14-30)27-19-9-11-20(12-10-19)28-24(31)22-16-18-7-3-4-8-21(18)32-22/h3-4,7-12,15-16H,2,5-6,13-14H2,1H3,(H,28,31)(H,26,27,29). The summed E-state index contributed by atoms with van der Waals surface area (Å²) in [7, 11) is 0. The Morgan fingerprint density at radius 2 is 1.69 bits per heavy atom. The predicted molar refractivity (Wildman–Crippen MR) is 132 cm³/mol. The van der Waals surface area contributed by atoms with Gasteiger partial charge < -0.3 is 15.5 Å². The first-order valence-electron chi connectivity index (χ1n) is 10.9. The molecule has 5 rings (SSSR count). The van der Waals surface area contributed by atoms with Gasteiger partial charge in [-0.25, -0.2) is 4.98 Å². The van der Waals surface area contributed by atoms with E-state index in [1.165, 1.54) is 30.6 Å². The van der Waals surface area contributed by atoms with E-state index in [1.807, 2.05) is 67.6 Å². The van der Waals surface area contributed by atoms with Crippen LogP contribution in [0.4, 0.5) is 23.1 Å². The molecule has 1 aliphatic heterocycles. The number of nitrogens with zero attached hydrogens (tertiary/aromatic N) is 3. The lowest BCUT2D eigenvalue weighted by atomic mass is 10.1. The van der Waals surface area contributed by atoms with Crippen LogP contribution in [0.15, 0.2) is 60.7 Å². The summed E-state index contributed by atoms with van der Waals surface area (Å²) in [5.74, 6) is 1.48. The van der Waals surface area contributed by atoms with Gasteiger partial charge in [-0.15, -0.1) is 11.3 Å². The third-order valence-electron chi connectivity index (χ3n) is 5.55. The van der Waals surface area contributed by atoms with Crippen molar-refractivity contribution >= 4 is 50.5 Å². The molecule has 2 aromatic heterocycles. The van der Waals surface area contributed by atoms with E-state index in [0.717, 1.165) is 52.0 Å². The molecule has 0 spiro atoms. The minimum absolute atomic E-state index is 0.0930. The molecule has 2 N–H and O–H groups in total. The van der Waals surface area contributed by atoms with E-state index in [-0.39, 0.29) is 5.91 Å². The van der Waals surface area contributed by atoms with Crippen LogP contribution in [0.1, 0.15) is 34.6 Å². The van der Waals surface area contributed by atoms with E-state index in [0.29, 0.717) is 4.88 Å². The number of aromatic nitrogens is 2. The van der Waals surface area contributed by atoms with Crippen molar-refractivity contribution in [2.24, 2.45) is 0 Å². The van der Waals surface area contributed by atoms with Crippen molar-refractivity contribution in [3.05, 3.63) is 71.2 Å². The quantitative estimate of drug-likeness (QED) is 0.397. The lowest BCUT2D eigenvalue weighted by Gasteiger charge is -2.27. The summed E-state index contributed by atoms with van der Waals surface area (Å²) in [6, 6.07) is 19.6. The summed E-state index contributed by atoms with van der Waals surface area (Å²) in [4.78, 5) is 24.9. The van der Waals surface area contributed by atoms with Gasteiger partial charge in [0.2, 0.25) is 5.95 Å². The number of carbonyl (C=O) groups excluding carboxylic acids is 1. The molecule has 1 amide bonds. The fraction of sp³-hybridized carbons (Fsp3) is 0.240. The number of piperidine rings is 1.